The number of anilines is 1. The Kier molecular flexibility index (Phi) is 5.56. The number of hydrogen-bond acceptors (Lipinski definition) is 5. The molecule has 1 aliphatic rings. The van der Waals surface area contributed by atoms with Crippen molar-refractivity contribution in [3.8, 4) is 0 Å². The number of H-pyrrole nitrogens is 1. The van der Waals surface area contributed by atoms with Crippen molar-refractivity contribution >= 4 is 5.95 Å². The molecule has 1 aliphatic heterocycles. The third-order valence-corrected chi connectivity index (χ3v) is 4.87. The van der Waals surface area contributed by atoms with Gasteiger partial charge in [0.2, 0.25) is 5.95 Å². The molecule has 2 heterocycles. The van der Waals surface area contributed by atoms with Crippen molar-refractivity contribution in [1.82, 2.24) is 14.5 Å². The predicted octanol–water partition coefficient (Wildman–Crippen LogP) is 2.58. The average Bonchev–Trinajstić information content (AvgIpc) is 2.62. The normalized spacial score (nSPS) is 16.6. The van der Waals surface area contributed by atoms with Crippen LogP contribution in [0.2, 0.25) is 0 Å². The van der Waals surface area contributed by atoms with Gasteiger partial charge in [0.25, 0.3) is 0 Å². The number of aromatic amines is 1. The fourth-order valence-corrected chi connectivity index (χ4v) is 3.22. The van der Waals surface area contributed by atoms with Crippen molar-refractivity contribution in [2.75, 3.05) is 18.5 Å². The highest BCUT2D eigenvalue weighted by molar-refractivity contribution is 5.32. The maximum Gasteiger partial charge on any atom is 0.355 e. The van der Waals surface area contributed by atoms with E-state index in [-0.39, 0.29) is 18.0 Å². The van der Waals surface area contributed by atoms with Crippen LogP contribution in [0.25, 0.3) is 0 Å². The van der Waals surface area contributed by atoms with Gasteiger partial charge in [-0.15, -0.1) is 0 Å². The fourth-order valence-electron chi connectivity index (χ4n) is 3.22. The SMILES string of the molecule is CC(C)c1ccc([C@H](C)Nc2nc(=O)n(C3CCOCC3)c(=O)[nH]2)cc1. The van der Waals surface area contributed by atoms with Gasteiger partial charge in [0, 0.05) is 19.3 Å². The second-order valence-corrected chi connectivity index (χ2v) is 7.07. The number of benzene rings is 1. The molecule has 0 saturated carbocycles. The number of rotatable bonds is 5. The van der Waals surface area contributed by atoms with Gasteiger partial charge in [0.05, 0.1) is 6.04 Å². The molecule has 2 N–H and O–H groups in total. The molecule has 1 saturated heterocycles. The van der Waals surface area contributed by atoms with Crippen molar-refractivity contribution in [2.45, 2.75) is 51.6 Å². The summed E-state index contributed by atoms with van der Waals surface area (Å²) < 4.78 is 6.49. The molecular formula is C19H26N4O3. The number of ether oxygens (including phenoxy) is 1. The van der Waals surface area contributed by atoms with E-state index in [2.05, 4.69) is 41.3 Å². The quantitative estimate of drug-likeness (QED) is 0.857. The van der Waals surface area contributed by atoms with E-state index in [1.807, 2.05) is 19.1 Å². The topological polar surface area (TPSA) is 89.0 Å². The zero-order valence-electron chi connectivity index (χ0n) is 15.5. The second-order valence-electron chi connectivity index (χ2n) is 7.07. The lowest BCUT2D eigenvalue weighted by Crippen LogP contribution is -2.42. The van der Waals surface area contributed by atoms with Crippen molar-refractivity contribution in [2.24, 2.45) is 0 Å². The molecule has 1 aromatic heterocycles. The number of nitrogens with zero attached hydrogens (tertiary/aromatic N) is 2. The van der Waals surface area contributed by atoms with Crippen LogP contribution in [-0.4, -0.2) is 27.7 Å². The summed E-state index contributed by atoms with van der Waals surface area (Å²) in [6.45, 7) is 7.38. The predicted molar refractivity (Wildman–Crippen MR) is 101 cm³/mol. The lowest BCUT2D eigenvalue weighted by atomic mass is 10.00. The van der Waals surface area contributed by atoms with E-state index >= 15 is 0 Å². The van der Waals surface area contributed by atoms with E-state index in [9.17, 15) is 9.59 Å². The van der Waals surface area contributed by atoms with Crippen LogP contribution in [0.3, 0.4) is 0 Å². The summed E-state index contributed by atoms with van der Waals surface area (Å²) in [5.41, 5.74) is 1.38. The Hall–Kier alpha value is -2.41. The molecule has 0 aliphatic carbocycles. The van der Waals surface area contributed by atoms with E-state index in [1.54, 1.807) is 0 Å². The Morgan fingerprint density at radius 3 is 2.31 bits per heavy atom. The maximum absolute atomic E-state index is 12.4. The minimum Gasteiger partial charge on any atom is -0.381 e. The van der Waals surface area contributed by atoms with Crippen LogP contribution < -0.4 is 16.7 Å². The maximum atomic E-state index is 12.4. The first-order chi connectivity index (χ1) is 12.5. The third kappa shape index (κ3) is 4.04. The van der Waals surface area contributed by atoms with Crippen molar-refractivity contribution < 1.29 is 4.74 Å². The Morgan fingerprint density at radius 1 is 1.12 bits per heavy atom. The molecule has 0 bridgehead atoms. The van der Waals surface area contributed by atoms with Crippen molar-refractivity contribution in [3.63, 3.8) is 0 Å². The summed E-state index contributed by atoms with van der Waals surface area (Å²) in [4.78, 5) is 31.4. The number of hydrogen-bond donors (Lipinski definition) is 2. The molecular weight excluding hydrogens is 332 g/mol. The first-order valence-corrected chi connectivity index (χ1v) is 9.12. The molecule has 2 aromatic rings. The molecule has 3 rings (SSSR count). The highest BCUT2D eigenvalue weighted by atomic mass is 16.5. The summed E-state index contributed by atoms with van der Waals surface area (Å²) in [7, 11) is 0. The molecule has 1 fully saturated rings. The van der Waals surface area contributed by atoms with Crippen LogP contribution in [0, 0.1) is 0 Å². The molecule has 7 heteroatoms. The molecule has 0 unspecified atom stereocenters. The van der Waals surface area contributed by atoms with Crippen LogP contribution in [0.15, 0.2) is 33.9 Å². The molecule has 140 valence electrons. The third-order valence-electron chi connectivity index (χ3n) is 4.87. The van der Waals surface area contributed by atoms with Gasteiger partial charge in [0.15, 0.2) is 0 Å². The zero-order chi connectivity index (χ0) is 18.7. The first-order valence-electron chi connectivity index (χ1n) is 9.12. The van der Waals surface area contributed by atoms with Gasteiger partial charge in [-0.25, -0.2) is 14.2 Å². The minimum absolute atomic E-state index is 0.0855. The van der Waals surface area contributed by atoms with Gasteiger partial charge in [-0.2, -0.15) is 4.98 Å². The molecule has 0 spiro atoms. The van der Waals surface area contributed by atoms with E-state index in [1.165, 1.54) is 10.1 Å². The highest BCUT2D eigenvalue weighted by Crippen LogP contribution is 2.20. The summed E-state index contributed by atoms with van der Waals surface area (Å²) >= 11 is 0. The van der Waals surface area contributed by atoms with Crippen LogP contribution in [0.5, 0.6) is 0 Å². The Balaban J connectivity index is 1.77. The lowest BCUT2D eigenvalue weighted by Gasteiger charge is -2.23. The average molecular weight is 358 g/mol. The smallest absolute Gasteiger partial charge is 0.355 e. The second kappa shape index (κ2) is 7.86. The van der Waals surface area contributed by atoms with Gasteiger partial charge in [-0.05, 0) is 36.8 Å². The van der Waals surface area contributed by atoms with Crippen molar-refractivity contribution in [3.05, 3.63) is 56.4 Å². The molecule has 0 radical (unpaired) electrons. The van der Waals surface area contributed by atoms with Gasteiger partial charge in [0.1, 0.15) is 0 Å². The lowest BCUT2D eigenvalue weighted by molar-refractivity contribution is 0.0670. The zero-order valence-corrected chi connectivity index (χ0v) is 15.5. The van der Waals surface area contributed by atoms with Crippen LogP contribution in [-0.2, 0) is 4.74 Å². The van der Waals surface area contributed by atoms with Crippen molar-refractivity contribution in [1.29, 1.82) is 0 Å². The fraction of sp³-hybridized carbons (Fsp3) is 0.526. The summed E-state index contributed by atoms with van der Waals surface area (Å²) in [6, 6.07) is 8.05. The van der Waals surface area contributed by atoms with E-state index in [0.717, 1.165) is 5.56 Å². The van der Waals surface area contributed by atoms with Crippen LogP contribution in [0.4, 0.5) is 5.95 Å². The van der Waals surface area contributed by atoms with Gasteiger partial charge < -0.3 is 10.1 Å². The Labute approximate surface area is 152 Å². The van der Waals surface area contributed by atoms with Gasteiger partial charge in [-0.1, -0.05) is 38.1 Å². The monoisotopic (exact) mass is 358 g/mol. The largest absolute Gasteiger partial charge is 0.381 e. The highest BCUT2D eigenvalue weighted by Gasteiger charge is 2.20. The van der Waals surface area contributed by atoms with Gasteiger partial charge in [-0.3, -0.25) is 4.98 Å². The number of aromatic nitrogens is 3. The molecule has 1 aromatic carbocycles. The molecule has 7 nitrogen and oxygen atoms in total. The standard InChI is InChI=1S/C19H26N4O3/c1-12(2)14-4-6-15(7-5-14)13(3)20-17-21-18(24)23(19(25)22-17)16-8-10-26-11-9-16/h4-7,12-13,16H,8-11H2,1-3H3,(H2,20,21,22,24,25)/t13-/m0/s1. The summed E-state index contributed by atoms with van der Waals surface area (Å²) in [5.74, 6) is 0.673. The minimum atomic E-state index is -0.523. The van der Waals surface area contributed by atoms with E-state index in [0.29, 0.717) is 32.0 Å². The Morgan fingerprint density at radius 2 is 1.73 bits per heavy atom. The molecule has 26 heavy (non-hydrogen) atoms. The summed E-state index contributed by atoms with van der Waals surface area (Å²) in [6.07, 6.45) is 1.30. The Bertz CT molecular complexity index is 817. The molecule has 0 amide bonds. The van der Waals surface area contributed by atoms with Crippen LogP contribution in [0.1, 0.15) is 62.7 Å². The van der Waals surface area contributed by atoms with E-state index in [4.69, 9.17) is 4.74 Å². The van der Waals surface area contributed by atoms with Gasteiger partial charge >= 0.3 is 11.4 Å². The molecule has 1 atom stereocenters. The number of nitrogens with one attached hydrogen (secondary N) is 2. The van der Waals surface area contributed by atoms with Crippen LogP contribution >= 0.6 is 0 Å². The first kappa shape index (κ1) is 18.4. The van der Waals surface area contributed by atoms with E-state index < -0.39 is 11.4 Å². The summed E-state index contributed by atoms with van der Waals surface area (Å²) in [5, 5.41) is 3.11.